The molecule has 1 fully saturated rings. The first-order valence-electron chi connectivity index (χ1n) is 7.07. The number of nitrogens with zero attached hydrogens (tertiary/aromatic N) is 1. The van der Waals surface area contributed by atoms with Crippen molar-refractivity contribution in [1.29, 1.82) is 0 Å². The summed E-state index contributed by atoms with van der Waals surface area (Å²) in [6.07, 6.45) is 1.60. The van der Waals surface area contributed by atoms with Crippen LogP contribution in [-0.2, 0) is 4.79 Å². The number of phenolic OH excluding ortho intramolecular Hbond substituents is 1. The van der Waals surface area contributed by atoms with E-state index < -0.39 is 11.8 Å². The zero-order chi connectivity index (χ0) is 18.0. The monoisotopic (exact) mass is 390 g/mol. The first-order chi connectivity index (χ1) is 11.9. The van der Waals surface area contributed by atoms with Crippen LogP contribution in [-0.4, -0.2) is 26.3 Å². The van der Waals surface area contributed by atoms with Crippen molar-refractivity contribution in [3.05, 3.63) is 69.6 Å². The zero-order valence-electron chi connectivity index (χ0n) is 12.6. The van der Waals surface area contributed by atoms with Crippen LogP contribution in [0, 0.1) is 0 Å². The molecule has 8 heteroatoms. The molecule has 0 bridgehead atoms. The Hall–Kier alpha value is -2.35. The van der Waals surface area contributed by atoms with Gasteiger partial charge in [0.05, 0.1) is 4.91 Å². The molecule has 1 saturated heterocycles. The number of carbonyl (C=O) groups is 2. The van der Waals surface area contributed by atoms with Gasteiger partial charge in [-0.3, -0.25) is 15.0 Å². The van der Waals surface area contributed by atoms with Gasteiger partial charge in [0.25, 0.3) is 11.8 Å². The molecule has 1 heterocycles. The highest BCUT2D eigenvalue weighted by Gasteiger charge is 2.33. The van der Waals surface area contributed by atoms with Gasteiger partial charge in [-0.2, -0.15) is 5.01 Å². The summed E-state index contributed by atoms with van der Waals surface area (Å²) in [6.45, 7) is 0. The number of thioether (sulfide) groups is 1. The molecule has 0 aliphatic carbocycles. The number of rotatable bonds is 3. The summed E-state index contributed by atoms with van der Waals surface area (Å²) in [5.41, 5.74) is 3.50. The van der Waals surface area contributed by atoms with Crippen LogP contribution in [0.4, 0.5) is 0 Å². The normalized spacial score (nSPS) is 15.7. The number of carbonyl (C=O) groups excluding carboxylic acids is 2. The van der Waals surface area contributed by atoms with Crippen molar-refractivity contribution < 1.29 is 14.7 Å². The van der Waals surface area contributed by atoms with E-state index in [0.717, 1.165) is 16.8 Å². The fourth-order valence-corrected chi connectivity index (χ4v) is 3.40. The number of halogens is 1. The maximum atomic E-state index is 12.5. The first kappa shape index (κ1) is 17.5. The lowest BCUT2D eigenvalue weighted by atomic mass is 10.2. The van der Waals surface area contributed by atoms with Gasteiger partial charge in [0.1, 0.15) is 5.75 Å². The predicted octanol–water partition coefficient (Wildman–Crippen LogP) is 3.59. The Morgan fingerprint density at radius 2 is 1.96 bits per heavy atom. The minimum atomic E-state index is -0.466. The average molecular weight is 391 g/mol. The summed E-state index contributed by atoms with van der Waals surface area (Å²) >= 11 is 12.0. The lowest BCUT2D eigenvalue weighted by Gasteiger charge is -2.15. The van der Waals surface area contributed by atoms with Crippen LogP contribution >= 0.6 is 35.6 Å². The summed E-state index contributed by atoms with van der Waals surface area (Å²) in [5, 5.41) is 11.0. The predicted molar refractivity (Wildman–Crippen MR) is 102 cm³/mol. The Morgan fingerprint density at radius 3 is 2.64 bits per heavy atom. The molecule has 2 amide bonds. The van der Waals surface area contributed by atoms with E-state index in [-0.39, 0.29) is 10.1 Å². The number of amides is 2. The number of thiocarbonyl (C=S) groups is 1. The van der Waals surface area contributed by atoms with Gasteiger partial charge in [0, 0.05) is 10.6 Å². The number of phenols is 1. The van der Waals surface area contributed by atoms with Gasteiger partial charge in [0.2, 0.25) is 0 Å². The summed E-state index contributed by atoms with van der Waals surface area (Å²) < 4.78 is 0.221. The highest BCUT2D eigenvalue weighted by atomic mass is 35.5. The minimum absolute atomic E-state index is 0.0975. The quantitative estimate of drug-likeness (QED) is 0.619. The van der Waals surface area contributed by atoms with Crippen LogP contribution in [0.3, 0.4) is 0 Å². The van der Waals surface area contributed by atoms with E-state index in [9.17, 15) is 14.7 Å². The van der Waals surface area contributed by atoms with E-state index in [1.165, 1.54) is 12.1 Å². The van der Waals surface area contributed by atoms with E-state index in [2.05, 4.69) is 5.43 Å². The maximum Gasteiger partial charge on any atom is 0.285 e. The molecule has 2 aromatic rings. The Balaban J connectivity index is 1.77. The van der Waals surface area contributed by atoms with Crippen LogP contribution in [0.1, 0.15) is 15.9 Å². The number of hydrogen-bond donors (Lipinski definition) is 2. The highest BCUT2D eigenvalue weighted by Crippen LogP contribution is 2.31. The van der Waals surface area contributed by atoms with Crippen molar-refractivity contribution in [2.45, 2.75) is 0 Å². The Morgan fingerprint density at radius 1 is 1.24 bits per heavy atom. The van der Waals surface area contributed by atoms with Crippen molar-refractivity contribution in [3.63, 3.8) is 0 Å². The second kappa shape index (κ2) is 7.26. The highest BCUT2D eigenvalue weighted by molar-refractivity contribution is 8.26. The molecule has 126 valence electrons. The lowest BCUT2D eigenvalue weighted by molar-refractivity contribution is -0.123. The molecule has 0 spiro atoms. The van der Waals surface area contributed by atoms with Crippen LogP contribution < -0.4 is 5.43 Å². The maximum absolute atomic E-state index is 12.5. The second-order valence-electron chi connectivity index (χ2n) is 5.06. The topological polar surface area (TPSA) is 69.6 Å². The number of hydrazine groups is 1. The van der Waals surface area contributed by atoms with Gasteiger partial charge in [-0.15, -0.1) is 0 Å². The molecule has 5 nitrogen and oxygen atoms in total. The SMILES string of the molecule is O=C(NN1C(=O)/C(=C\c2cccc(O)c2)SC1=S)c1ccc(Cl)cc1. The summed E-state index contributed by atoms with van der Waals surface area (Å²) in [7, 11) is 0. The van der Waals surface area contributed by atoms with Crippen molar-refractivity contribution >= 4 is 57.8 Å². The molecule has 1 aliphatic rings. The van der Waals surface area contributed by atoms with Crippen LogP contribution in [0.15, 0.2) is 53.4 Å². The second-order valence-corrected chi connectivity index (χ2v) is 7.17. The average Bonchev–Trinajstić information content (AvgIpc) is 2.83. The molecule has 0 aromatic heterocycles. The molecule has 1 aliphatic heterocycles. The smallest absolute Gasteiger partial charge is 0.285 e. The molecule has 0 unspecified atom stereocenters. The molecule has 0 atom stereocenters. The van der Waals surface area contributed by atoms with Crippen LogP contribution in [0.2, 0.25) is 5.02 Å². The van der Waals surface area contributed by atoms with Gasteiger partial charge in [-0.05, 0) is 60.3 Å². The van der Waals surface area contributed by atoms with E-state index in [4.69, 9.17) is 23.8 Å². The van der Waals surface area contributed by atoms with Gasteiger partial charge < -0.3 is 5.11 Å². The van der Waals surface area contributed by atoms with E-state index in [1.807, 2.05) is 0 Å². The molecule has 25 heavy (non-hydrogen) atoms. The molecule has 2 aromatic carbocycles. The standard InChI is InChI=1S/C17H11ClN2O3S2/c18-12-6-4-11(5-7-12)15(22)19-20-16(23)14(25-17(20)24)9-10-2-1-3-13(21)8-10/h1-9,21H,(H,19,22)/b14-9+. The van der Waals surface area contributed by atoms with E-state index >= 15 is 0 Å². The van der Waals surface area contributed by atoms with Gasteiger partial charge in [0.15, 0.2) is 4.32 Å². The van der Waals surface area contributed by atoms with Gasteiger partial charge >= 0.3 is 0 Å². The fourth-order valence-electron chi connectivity index (χ4n) is 2.10. The third-order valence-corrected chi connectivity index (χ3v) is 4.84. The summed E-state index contributed by atoms with van der Waals surface area (Å²) in [5.74, 6) is -0.799. The Labute approximate surface area is 158 Å². The van der Waals surface area contributed by atoms with Crippen molar-refractivity contribution in [3.8, 4) is 5.75 Å². The number of hydrogen-bond acceptors (Lipinski definition) is 5. The van der Waals surface area contributed by atoms with E-state index in [0.29, 0.717) is 21.1 Å². The molecule has 3 rings (SSSR count). The van der Waals surface area contributed by atoms with Crippen molar-refractivity contribution in [2.75, 3.05) is 0 Å². The molecule has 0 radical (unpaired) electrons. The molecular weight excluding hydrogens is 380 g/mol. The minimum Gasteiger partial charge on any atom is -0.508 e. The van der Waals surface area contributed by atoms with E-state index in [1.54, 1.807) is 42.5 Å². The van der Waals surface area contributed by atoms with Crippen LogP contribution in [0.25, 0.3) is 6.08 Å². The molecule has 2 N–H and O–H groups in total. The summed E-state index contributed by atoms with van der Waals surface area (Å²) in [6, 6.07) is 12.8. The third kappa shape index (κ3) is 4.01. The fraction of sp³-hybridized carbons (Fsp3) is 0. The van der Waals surface area contributed by atoms with Gasteiger partial charge in [-0.25, -0.2) is 0 Å². The Kier molecular flexibility index (Phi) is 5.08. The Bertz CT molecular complexity index is 897. The first-order valence-corrected chi connectivity index (χ1v) is 8.68. The number of nitrogens with one attached hydrogen (secondary N) is 1. The lowest BCUT2D eigenvalue weighted by Crippen LogP contribution is -2.44. The largest absolute Gasteiger partial charge is 0.508 e. The molecule has 0 saturated carbocycles. The number of aromatic hydroxyl groups is 1. The number of benzene rings is 2. The summed E-state index contributed by atoms with van der Waals surface area (Å²) in [4.78, 5) is 25.1. The van der Waals surface area contributed by atoms with Crippen molar-refractivity contribution in [2.24, 2.45) is 0 Å². The van der Waals surface area contributed by atoms with Gasteiger partial charge in [-0.1, -0.05) is 35.5 Å². The molecular formula is C17H11ClN2O3S2. The third-order valence-electron chi connectivity index (χ3n) is 3.28. The van der Waals surface area contributed by atoms with Crippen LogP contribution in [0.5, 0.6) is 5.75 Å². The van der Waals surface area contributed by atoms with Crippen molar-refractivity contribution in [1.82, 2.24) is 10.4 Å². The zero-order valence-corrected chi connectivity index (χ0v) is 15.0.